The highest BCUT2D eigenvalue weighted by Crippen LogP contribution is 2.17. The number of nitrogens with zero attached hydrogens (tertiary/aromatic N) is 1. The number of hydrogen-bond donors (Lipinski definition) is 1. The quantitative estimate of drug-likeness (QED) is 0.788. The Kier molecular flexibility index (Phi) is 5.21. The molecule has 0 aliphatic carbocycles. The van der Waals surface area contributed by atoms with E-state index in [-0.39, 0.29) is 43.6 Å². The molecule has 0 spiro atoms. The first kappa shape index (κ1) is 16.1. The van der Waals surface area contributed by atoms with E-state index >= 15 is 0 Å². The number of likely N-dealkylation sites (tertiary alicyclic amines) is 1. The van der Waals surface area contributed by atoms with Gasteiger partial charge in [0.25, 0.3) is 0 Å². The summed E-state index contributed by atoms with van der Waals surface area (Å²) in [4.78, 5) is 35.6. The largest absolute Gasteiger partial charge is 0.375 e. The van der Waals surface area contributed by atoms with Gasteiger partial charge >= 0.3 is 0 Å². The minimum atomic E-state index is -0.510. The summed E-state index contributed by atoms with van der Waals surface area (Å²) < 4.78 is 18.4. The summed E-state index contributed by atoms with van der Waals surface area (Å²) in [6.45, 7) is -0.174. The summed E-state index contributed by atoms with van der Waals surface area (Å²) in [6, 6.07) is 5.89. The van der Waals surface area contributed by atoms with Crippen molar-refractivity contribution in [3.63, 3.8) is 0 Å². The number of hydrogen-bond acceptors (Lipinski definition) is 4. The van der Waals surface area contributed by atoms with E-state index < -0.39 is 12.0 Å². The van der Waals surface area contributed by atoms with Gasteiger partial charge in [0.1, 0.15) is 12.4 Å². The van der Waals surface area contributed by atoms with Crippen LogP contribution in [0.2, 0.25) is 0 Å². The maximum absolute atomic E-state index is 13.2. The molecule has 0 bridgehead atoms. The van der Waals surface area contributed by atoms with Crippen molar-refractivity contribution >= 4 is 17.7 Å². The zero-order valence-corrected chi connectivity index (χ0v) is 12.2. The van der Waals surface area contributed by atoms with Gasteiger partial charge in [0.05, 0.1) is 6.10 Å². The number of ether oxygens (including phenoxy) is 1. The van der Waals surface area contributed by atoms with Crippen LogP contribution in [0, 0.1) is 5.82 Å². The molecule has 1 aliphatic rings. The Morgan fingerprint density at radius 1 is 1.36 bits per heavy atom. The first-order valence-corrected chi connectivity index (χ1v) is 6.89. The molecule has 1 aliphatic heterocycles. The van der Waals surface area contributed by atoms with Crippen LogP contribution in [0.15, 0.2) is 24.3 Å². The fraction of sp³-hybridized carbons (Fsp3) is 0.400. The third-order valence-corrected chi connectivity index (χ3v) is 3.45. The van der Waals surface area contributed by atoms with E-state index in [1.54, 1.807) is 12.1 Å². The number of benzene rings is 1. The van der Waals surface area contributed by atoms with E-state index in [2.05, 4.69) is 5.32 Å². The molecular formula is C15H17FN2O4. The van der Waals surface area contributed by atoms with Crippen LogP contribution in [0.5, 0.6) is 0 Å². The van der Waals surface area contributed by atoms with Gasteiger partial charge < -0.3 is 10.1 Å². The van der Waals surface area contributed by atoms with Crippen LogP contribution < -0.4 is 5.32 Å². The molecule has 118 valence electrons. The average Bonchev–Trinajstić information content (AvgIpc) is 2.80. The second-order valence-corrected chi connectivity index (χ2v) is 4.96. The fourth-order valence-electron chi connectivity index (χ4n) is 2.25. The van der Waals surface area contributed by atoms with E-state index in [0.717, 1.165) is 4.90 Å². The Morgan fingerprint density at radius 2 is 2.05 bits per heavy atom. The van der Waals surface area contributed by atoms with Crippen molar-refractivity contribution in [3.05, 3.63) is 35.6 Å². The van der Waals surface area contributed by atoms with Crippen molar-refractivity contribution in [1.29, 1.82) is 0 Å². The molecule has 1 aromatic rings. The van der Waals surface area contributed by atoms with Gasteiger partial charge in [-0.3, -0.25) is 19.3 Å². The van der Waals surface area contributed by atoms with Gasteiger partial charge in [-0.05, 0) is 17.7 Å². The minimum Gasteiger partial charge on any atom is -0.375 e. The van der Waals surface area contributed by atoms with Crippen molar-refractivity contribution in [1.82, 2.24) is 10.2 Å². The molecular weight excluding hydrogens is 291 g/mol. The van der Waals surface area contributed by atoms with Gasteiger partial charge in [-0.1, -0.05) is 12.1 Å². The molecule has 1 N–H and O–H groups in total. The number of halogens is 1. The number of imide groups is 1. The molecule has 0 saturated carbocycles. The van der Waals surface area contributed by atoms with Crippen molar-refractivity contribution in [2.75, 3.05) is 20.2 Å². The first-order chi connectivity index (χ1) is 10.5. The Morgan fingerprint density at radius 3 is 2.64 bits per heavy atom. The molecule has 6 nitrogen and oxygen atoms in total. The molecule has 0 aromatic heterocycles. The van der Waals surface area contributed by atoms with E-state index in [9.17, 15) is 18.8 Å². The first-order valence-electron chi connectivity index (χ1n) is 6.89. The highest BCUT2D eigenvalue weighted by atomic mass is 19.1. The number of carbonyl (C=O) groups excluding carboxylic acids is 3. The summed E-state index contributed by atoms with van der Waals surface area (Å²) in [5, 5.41) is 2.59. The number of amides is 3. The summed E-state index contributed by atoms with van der Waals surface area (Å²) in [5.41, 5.74) is 0.594. The van der Waals surface area contributed by atoms with Gasteiger partial charge in [0.15, 0.2) is 0 Å². The molecule has 0 unspecified atom stereocenters. The molecule has 0 radical (unpaired) electrons. The van der Waals surface area contributed by atoms with Crippen molar-refractivity contribution < 1.29 is 23.5 Å². The monoisotopic (exact) mass is 308 g/mol. The zero-order chi connectivity index (χ0) is 16.1. The second-order valence-electron chi connectivity index (χ2n) is 4.96. The van der Waals surface area contributed by atoms with E-state index in [1.807, 2.05) is 0 Å². The zero-order valence-electron chi connectivity index (χ0n) is 12.2. The molecule has 1 aromatic carbocycles. The highest BCUT2D eigenvalue weighted by molar-refractivity contribution is 6.04. The lowest BCUT2D eigenvalue weighted by molar-refractivity contribution is -0.142. The van der Waals surface area contributed by atoms with E-state index in [4.69, 9.17) is 4.74 Å². The lowest BCUT2D eigenvalue weighted by atomic mass is 10.1. The van der Waals surface area contributed by atoms with E-state index in [1.165, 1.54) is 19.2 Å². The van der Waals surface area contributed by atoms with Crippen LogP contribution in [0.3, 0.4) is 0 Å². The van der Waals surface area contributed by atoms with Gasteiger partial charge in [-0.25, -0.2) is 4.39 Å². The molecule has 2 rings (SSSR count). The maximum atomic E-state index is 13.2. The lowest BCUT2D eigenvalue weighted by Crippen LogP contribution is -2.41. The SMILES string of the molecule is CO[C@H](CNC(=O)CN1C(=O)CCC1=O)c1cccc(F)c1. The fourth-order valence-corrected chi connectivity index (χ4v) is 2.25. The van der Waals surface area contributed by atoms with Crippen LogP contribution in [-0.2, 0) is 19.1 Å². The summed E-state index contributed by atoms with van der Waals surface area (Å²) in [7, 11) is 1.45. The van der Waals surface area contributed by atoms with Crippen molar-refractivity contribution in [2.24, 2.45) is 0 Å². The average molecular weight is 308 g/mol. The molecule has 1 saturated heterocycles. The Labute approximate surface area is 127 Å². The third-order valence-electron chi connectivity index (χ3n) is 3.45. The topological polar surface area (TPSA) is 75.7 Å². The number of rotatable bonds is 6. The number of nitrogens with one attached hydrogen (secondary N) is 1. The Bertz CT molecular complexity index is 575. The molecule has 1 atom stereocenters. The van der Waals surface area contributed by atoms with Gasteiger partial charge in [-0.2, -0.15) is 0 Å². The lowest BCUT2D eigenvalue weighted by Gasteiger charge is -2.18. The molecule has 3 amide bonds. The third kappa shape index (κ3) is 3.88. The minimum absolute atomic E-state index is 0.120. The van der Waals surface area contributed by atoms with Crippen LogP contribution in [0.25, 0.3) is 0 Å². The molecule has 7 heteroatoms. The summed E-state index contributed by atoms with van der Waals surface area (Å²) >= 11 is 0. The standard InChI is InChI=1S/C15H17FN2O4/c1-22-12(10-3-2-4-11(16)7-10)8-17-13(19)9-18-14(20)5-6-15(18)21/h2-4,7,12H,5-6,8-9H2,1H3,(H,17,19)/t12-/m1/s1. The predicted octanol–water partition coefficient (Wildman–Crippen LogP) is 0.778. The maximum Gasteiger partial charge on any atom is 0.240 e. The second kappa shape index (κ2) is 7.13. The smallest absolute Gasteiger partial charge is 0.240 e. The van der Waals surface area contributed by atoms with Gasteiger partial charge in [0, 0.05) is 26.5 Å². The van der Waals surface area contributed by atoms with Crippen LogP contribution in [0.4, 0.5) is 4.39 Å². The molecule has 22 heavy (non-hydrogen) atoms. The van der Waals surface area contributed by atoms with Crippen LogP contribution >= 0.6 is 0 Å². The van der Waals surface area contributed by atoms with Crippen molar-refractivity contribution in [2.45, 2.75) is 18.9 Å². The van der Waals surface area contributed by atoms with Gasteiger partial charge in [-0.15, -0.1) is 0 Å². The summed E-state index contributed by atoms with van der Waals surface area (Å²) in [6.07, 6.45) is -0.212. The Hall–Kier alpha value is -2.28. The normalized spacial score (nSPS) is 16.0. The van der Waals surface area contributed by atoms with Gasteiger partial charge in [0.2, 0.25) is 17.7 Å². The number of methoxy groups -OCH3 is 1. The van der Waals surface area contributed by atoms with Crippen LogP contribution in [0.1, 0.15) is 24.5 Å². The summed E-state index contributed by atoms with van der Waals surface area (Å²) in [5.74, 6) is -1.52. The molecule has 1 heterocycles. The Balaban J connectivity index is 1.89. The van der Waals surface area contributed by atoms with Crippen LogP contribution in [-0.4, -0.2) is 42.8 Å². The predicted molar refractivity (Wildman–Crippen MR) is 75.1 cm³/mol. The number of carbonyl (C=O) groups is 3. The van der Waals surface area contributed by atoms with Crippen molar-refractivity contribution in [3.8, 4) is 0 Å². The van der Waals surface area contributed by atoms with E-state index in [0.29, 0.717) is 5.56 Å². The highest BCUT2D eigenvalue weighted by Gasteiger charge is 2.30. The molecule has 1 fully saturated rings.